The highest BCUT2D eigenvalue weighted by Gasteiger charge is 2.39. The summed E-state index contributed by atoms with van der Waals surface area (Å²) in [5.74, 6) is -1.71. The summed E-state index contributed by atoms with van der Waals surface area (Å²) >= 11 is 0. The Kier molecular flexibility index (Phi) is 6.90. The van der Waals surface area contributed by atoms with Gasteiger partial charge in [0.25, 0.3) is 0 Å². The van der Waals surface area contributed by atoms with Gasteiger partial charge < -0.3 is 19.9 Å². The minimum atomic E-state index is -0.806. The van der Waals surface area contributed by atoms with E-state index in [1.165, 1.54) is 5.69 Å². The van der Waals surface area contributed by atoms with Crippen molar-refractivity contribution in [2.45, 2.75) is 19.3 Å². The van der Waals surface area contributed by atoms with Gasteiger partial charge in [0.15, 0.2) is 5.78 Å². The molecule has 1 aliphatic heterocycles. The van der Waals surface area contributed by atoms with Crippen molar-refractivity contribution in [3.63, 3.8) is 0 Å². The number of nitrogens with one attached hydrogen (secondary N) is 1. The normalized spacial score (nSPS) is 21.8. The highest BCUT2D eigenvalue weighted by Crippen LogP contribution is 2.37. The summed E-state index contributed by atoms with van der Waals surface area (Å²) in [5.41, 5.74) is 3.91. The molecule has 32 heavy (non-hydrogen) atoms. The molecule has 2 aliphatic rings. The number of carbonyl (C=O) groups excluding carboxylic acids is 2. The van der Waals surface area contributed by atoms with Gasteiger partial charge in [-0.3, -0.25) is 9.59 Å². The van der Waals surface area contributed by atoms with Gasteiger partial charge in [0.05, 0.1) is 6.61 Å². The van der Waals surface area contributed by atoms with Crippen molar-refractivity contribution in [3.05, 3.63) is 71.9 Å². The second-order valence-corrected chi connectivity index (χ2v) is 8.49. The maximum Gasteiger partial charge on any atom is 0.317 e. The molecule has 1 fully saturated rings. The molecule has 1 heterocycles. The summed E-state index contributed by atoms with van der Waals surface area (Å²) in [5, 5.41) is 3.44. The number of allylic oxidation sites excluding steroid dienone is 2. The van der Waals surface area contributed by atoms with E-state index in [2.05, 4.69) is 34.3 Å². The fourth-order valence-corrected chi connectivity index (χ4v) is 4.51. The van der Waals surface area contributed by atoms with E-state index in [0.717, 1.165) is 43.1 Å². The van der Waals surface area contributed by atoms with E-state index in [4.69, 9.17) is 4.74 Å². The summed E-state index contributed by atoms with van der Waals surface area (Å²) in [7, 11) is 2.15. The quantitative estimate of drug-likeness (QED) is 0.554. The molecule has 0 bridgehead atoms. The number of carbonyl (C=O) groups is 2. The first-order valence-corrected chi connectivity index (χ1v) is 11.3. The Morgan fingerprint density at radius 3 is 2.53 bits per heavy atom. The van der Waals surface area contributed by atoms with Crippen LogP contribution in [0.15, 0.2) is 66.4 Å². The molecular weight excluding hydrogens is 402 g/mol. The number of ether oxygens (including phenoxy) is 1. The molecule has 1 N–H and O–H groups in total. The maximum absolute atomic E-state index is 13.0. The summed E-state index contributed by atoms with van der Waals surface area (Å²) in [6, 6.07) is 18.1. The average Bonchev–Trinajstić information content (AvgIpc) is 2.80. The first kappa shape index (κ1) is 22.1. The zero-order valence-electron chi connectivity index (χ0n) is 18.8. The molecule has 4 rings (SSSR count). The number of ketones is 1. The summed E-state index contributed by atoms with van der Waals surface area (Å²) in [6.07, 6.45) is 2.14. The van der Waals surface area contributed by atoms with Gasteiger partial charge in [0.2, 0.25) is 0 Å². The van der Waals surface area contributed by atoms with Crippen LogP contribution >= 0.6 is 0 Å². The lowest BCUT2D eigenvalue weighted by Gasteiger charge is -2.34. The second kappa shape index (κ2) is 10.0. The topological polar surface area (TPSA) is 61.9 Å². The standard InChI is InChI=1S/C26H31N3O3/c1-3-32-26(31)25-23(19-8-5-4-6-9-19)17-21(18-24(25)30)27-20-10-7-11-22(16-20)29-14-12-28(2)13-15-29/h4-11,16,18,23,25,27H,3,12-15,17H2,1-2H3. The van der Waals surface area contributed by atoms with Crippen molar-refractivity contribution in [3.8, 4) is 0 Å². The molecule has 0 radical (unpaired) electrons. The first-order chi connectivity index (χ1) is 15.5. The van der Waals surface area contributed by atoms with Crippen molar-refractivity contribution in [2.75, 3.05) is 50.1 Å². The van der Waals surface area contributed by atoms with Crippen LogP contribution in [0.2, 0.25) is 0 Å². The molecular formula is C26H31N3O3. The number of rotatable bonds is 6. The molecule has 2 atom stereocenters. The van der Waals surface area contributed by atoms with E-state index in [1.807, 2.05) is 42.5 Å². The lowest BCUT2D eigenvalue weighted by Crippen LogP contribution is -2.44. The van der Waals surface area contributed by atoms with Gasteiger partial charge in [-0.2, -0.15) is 0 Å². The third-order valence-corrected chi connectivity index (χ3v) is 6.25. The van der Waals surface area contributed by atoms with Gasteiger partial charge >= 0.3 is 5.97 Å². The Morgan fingerprint density at radius 2 is 1.81 bits per heavy atom. The zero-order chi connectivity index (χ0) is 22.5. The van der Waals surface area contributed by atoms with E-state index in [0.29, 0.717) is 6.42 Å². The van der Waals surface area contributed by atoms with Gasteiger partial charge in [-0.05, 0) is 44.2 Å². The van der Waals surface area contributed by atoms with Crippen molar-refractivity contribution in [2.24, 2.45) is 5.92 Å². The van der Waals surface area contributed by atoms with Crippen LogP contribution in [0, 0.1) is 5.92 Å². The SMILES string of the molecule is CCOC(=O)C1C(=O)C=C(Nc2cccc(N3CCN(C)CC3)c2)CC1c1ccccc1. The van der Waals surface area contributed by atoms with Crippen LogP contribution in [0.5, 0.6) is 0 Å². The maximum atomic E-state index is 13.0. The molecule has 0 amide bonds. The van der Waals surface area contributed by atoms with Gasteiger partial charge in [-0.1, -0.05) is 36.4 Å². The predicted molar refractivity (Wildman–Crippen MR) is 127 cm³/mol. The number of anilines is 2. The Hall–Kier alpha value is -3.12. The third-order valence-electron chi connectivity index (χ3n) is 6.25. The summed E-state index contributed by atoms with van der Waals surface area (Å²) < 4.78 is 5.23. The first-order valence-electron chi connectivity index (χ1n) is 11.3. The molecule has 2 aromatic carbocycles. The van der Waals surface area contributed by atoms with Crippen LogP contribution in [-0.2, 0) is 14.3 Å². The van der Waals surface area contributed by atoms with E-state index in [1.54, 1.807) is 13.0 Å². The molecule has 2 aromatic rings. The smallest absolute Gasteiger partial charge is 0.317 e. The van der Waals surface area contributed by atoms with Crippen LogP contribution in [0.1, 0.15) is 24.8 Å². The predicted octanol–water partition coefficient (Wildman–Crippen LogP) is 3.67. The fourth-order valence-electron chi connectivity index (χ4n) is 4.51. The minimum absolute atomic E-state index is 0.207. The number of benzene rings is 2. The van der Waals surface area contributed by atoms with Gasteiger partial charge in [-0.25, -0.2) is 0 Å². The fraction of sp³-hybridized carbons (Fsp3) is 0.385. The Bertz CT molecular complexity index is 981. The molecule has 6 nitrogen and oxygen atoms in total. The van der Waals surface area contributed by atoms with Crippen LogP contribution in [0.25, 0.3) is 0 Å². The highest BCUT2D eigenvalue weighted by atomic mass is 16.5. The zero-order valence-corrected chi connectivity index (χ0v) is 18.8. The Morgan fingerprint density at radius 1 is 1.06 bits per heavy atom. The van der Waals surface area contributed by atoms with E-state index in [-0.39, 0.29) is 18.3 Å². The van der Waals surface area contributed by atoms with Crippen molar-refractivity contribution < 1.29 is 14.3 Å². The lowest BCUT2D eigenvalue weighted by atomic mass is 9.76. The Balaban J connectivity index is 1.55. The third kappa shape index (κ3) is 5.02. The highest BCUT2D eigenvalue weighted by molar-refractivity contribution is 6.07. The van der Waals surface area contributed by atoms with Gasteiger partial charge in [-0.15, -0.1) is 0 Å². The van der Waals surface area contributed by atoms with E-state index >= 15 is 0 Å². The van der Waals surface area contributed by atoms with Crippen LogP contribution in [0.4, 0.5) is 11.4 Å². The average molecular weight is 434 g/mol. The summed E-state index contributed by atoms with van der Waals surface area (Å²) in [6.45, 7) is 6.12. The Labute approximate surface area is 189 Å². The number of likely N-dealkylation sites (N-methyl/N-ethyl adjacent to an activating group) is 1. The molecule has 1 saturated heterocycles. The molecule has 6 heteroatoms. The second-order valence-electron chi connectivity index (χ2n) is 8.49. The monoisotopic (exact) mass is 433 g/mol. The molecule has 1 aliphatic carbocycles. The van der Waals surface area contributed by atoms with Crippen LogP contribution in [-0.4, -0.2) is 56.5 Å². The number of hydrogen-bond acceptors (Lipinski definition) is 6. The van der Waals surface area contributed by atoms with Crippen molar-refractivity contribution in [1.29, 1.82) is 0 Å². The number of hydrogen-bond donors (Lipinski definition) is 1. The molecule has 2 unspecified atom stereocenters. The van der Waals surface area contributed by atoms with E-state index < -0.39 is 11.9 Å². The van der Waals surface area contributed by atoms with Crippen LogP contribution < -0.4 is 10.2 Å². The number of nitrogens with zero attached hydrogens (tertiary/aromatic N) is 2. The minimum Gasteiger partial charge on any atom is -0.465 e. The van der Waals surface area contributed by atoms with Gasteiger partial charge in [0.1, 0.15) is 5.92 Å². The largest absolute Gasteiger partial charge is 0.465 e. The lowest BCUT2D eigenvalue weighted by molar-refractivity contribution is -0.151. The molecule has 168 valence electrons. The molecule has 0 aromatic heterocycles. The number of piperazine rings is 1. The van der Waals surface area contributed by atoms with Crippen molar-refractivity contribution >= 4 is 23.1 Å². The van der Waals surface area contributed by atoms with Gasteiger partial charge in [0, 0.05) is 55.2 Å². The molecule has 0 saturated carbocycles. The van der Waals surface area contributed by atoms with Crippen molar-refractivity contribution in [1.82, 2.24) is 4.90 Å². The van der Waals surface area contributed by atoms with Crippen LogP contribution in [0.3, 0.4) is 0 Å². The number of esters is 1. The van der Waals surface area contributed by atoms with E-state index in [9.17, 15) is 9.59 Å². The molecule has 0 spiro atoms. The summed E-state index contributed by atoms with van der Waals surface area (Å²) in [4.78, 5) is 30.3.